The zero-order valence-electron chi connectivity index (χ0n) is 13.2. The zero-order chi connectivity index (χ0) is 14.4. The summed E-state index contributed by atoms with van der Waals surface area (Å²) in [6.07, 6.45) is 6.85. The Morgan fingerprint density at radius 2 is 2.05 bits per heavy atom. The SMILES string of the molecule is Cc1oc(CNC(C)C)cc1COCC1CCCCC1. The summed E-state index contributed by atoms with van der Waals surface area (Å²) < 4.78 is 11.7. The Morgan fingerprint density at radius 1 is 1.30 bits per heavy atom. The molecule has 1 saturated carbocycles. The van der Waals surface area contributed by atoms with Gasteiger partial charge in [-0.3, -0.25) is 0 Å². The number of ether oxygens (including phenoxy) is 1. The molecule has 3 heteroatoms. The van der Waals surface area contributed by atoms with E-state index in [2.05, 4.69) is 25.2 Å². The van der Waals surface area contributed by atoms with E-state index in [1.165, 1.54) is 37.7 Å². The number of rotatable bonds is 7. The molecule has 1 aliphatic rings. The third kappa shape index (κ3) is 4.95. The van der Waals surface area contributed by atoms with Gasteiger partial charge in [-0.1, -0.05) is 33.1 Å². The quantitative estimate of drug-likeness (QED) is 0.813. The van der Waals surface area contributed by atoms with E-state index < -0.39 is 0 Å². The lowest BCUT2D eigenvalue weighted by Crippen LogP contribution is -2.21. The van der Waals surface area contributed by atoms with Crippen molar-refractivity contribution in [2.24, 2.45) is 5.92 Å². The fourth-order valence-electron chi connectivity index (χ4n) is 2.81. The summed E-state index contributed by atoms with van der Waals surface area (Å²) in [5.74, 6) is 2.78. The molecule has 3 nitrogen and oxygen atoms in total. The molecular weight excluding hydrogens is 250 g/mol. The Hall–Kier alpha value is -0.800. The number of furan rings is 1. The first-order chi connectivity index (χ1) is 9.65. The normalized spacial score (nSPS) is 17.0. The highest BCUT2D eigenvalue weighted by Gasteiger charge is 2.14. The highest BCUT2D eigenvalue weighted by Crippen LogP contribution is 2.24. The van der Waals surface area contributed by atoms with E-state index in [0.29, 0.717) is 12.6 Å². The number of hydrogen-bond acceptors (Lipinski definition) is 3. The van der Waals surface area contributed by atoms with Crippen LogP contribution in [0.2, 0.25) is 0 Å². The van der Waals surface area contributed by atoms with Gasteiger partial charge in [0.25, 0.3) is 0 Å². The molecule has 20 heavy (non-hydrogen) atoms. The van der Waals surface area contributed by atoms with Gasteiger partial charge >= 0.3 is 0 Å². The molecule has 114 valence electrons. The van der Waals surface area contributed by atoms with E-state index in [1.807, 2.05) is 6.92 Å². The fourth-order valence-corrected chi connectivity index (χ4v) is 2.81. The standard InChI is InChI=1S/C17H29NO2/c1-13(2)18-10-17-9-16(14(3)20-17)12-19-11-15-7-5-4-6-8-15/h9,13,15,18H,4-8,10-12H2,1-3H3. The van der Waals surface area contributed by atoms with Crippen LogP contribution in [0.1, 0.15) is 63.0 Å². The molecule has 1 aromatic heterocycles. The molecule has 0 aromatic carbocycles. The molecule has 1 heterocycles. The van der Waals surface area contributed by atoms with Gasteiger partial charge in [-0.2, -0.15) is 0 Å². The van der Waals surface area contributed by atoms with E-state index in [1.54, 1.807) is 0 Å². The second-order valence-corrected chi connectivity index (χ2v) is 6.35. The minimum Gasteiger partial charge on any atom is -0.465 e. The lowest BCUT2D eigenvalue weighted by atomic mass is 9.90. The van der Waals surface area contributed by atoms with Crippen LogP contribution >= 0.6 is 0 Å². The van der Waals surface area contributed by atoms with Gasteiger partial charge in [0.15, 0.2) is 0 Å². The van der Waals surface area contributed by atoms with E-state index in [-0.39, 0.29) is 0 Å². The molecule has 0 bridgehead atoms. The van der Waals surface area contributed by atoms with Gasteiger partial charge in [-0.25, -0.2) is 0 Å². The first-order valence-electron chi connectivity index (χ1n) is 8.04. The summed E-state index contributed by atoms with van der Waals surface area (Å²) >= 11 is 0. The van der Waals surface area contributed by atoms with Crippen LogP contribution in [0.25, 0.3) is 0 Å². The van der Waals surface area contributed by atoms with E-state index in [9.17, 15) is 0 Å². The van der Waals surface area contributed by atoms with Crippen molar-refractivity contribution in [3.63, 3.8) is 0 Å². The van der Waals surface area contributed by atoms with Crippen LogP contribution in [0.15, 0.2) is 10.5 Å². The highest BCUT2D eigenvalue weighted by atomic mass is 16.5. The van der Waals surface area contributed by atoms with Crippen molar-refractivity contribution in [3.05, 3.63) is 23.2 Å². The third-order valence-electron chi connectivity index (χ3n) is 4.09. The zero-order valence-corrected chi connectivity index (χ0v) is 13.2. The summed E-state index contributed by atoms with van der Waals surface area (Å²) in [4.78, 5) is 0. The third-order valence-corrected chi connectivity index (χ3v) is 4.09. The monoisotopic (exact) mass is 279 g/mol. The molecule has 1 aromatic rings. The number of nitrogens with one attached hydrogen (secondary N) is 1. The van der Waals surface area contributed by atoms with Gasteiger partial charge in [0.05, 0.1) is 13.2 Å². The van der Waals surface area contributed by atoms with E-state index in [4.69, 9.17) is 9.15 Å². The Kier molecular flexibility index (Phi) is 6.11. The Morgan fingerprint density at radius 3 is 2.75 bits per heavy atom. The van der Waals surface area contributed by atoms with Crippen molar-refractivity contribution in [1.29, 1.82) is 0 Å². The molecule has 1 aliphatic carbocycles. The van der Waals surface area contributed by atoms with Crippen molar-refractivity contribution in [2.75, 3.05) is 6.61 Å². The van der Waals surface area contributed by atoms with Gasteiger partial charge in [0.2, 0.25) is 0 Å². The molecule has 2 rings (SSSR count). The van der Waals surface area contributed by atoms with Gasteiger partial charge < -0.3 is 14.5 Å². The highest BCUT2D eigenvalue weighted by molar-refractivity contribution is 5.19. The van der Waals surface area contributed by atoms with Gasteiger partial charge in [0, 0.05) is 18.2 Å². The van der Waals surface area contributed by atoms with Crippen molar-refractivity contribution in [2.45, 2.75) is 72.1 Å². The predicted molar refractivity (Wildman–Crippen MR) is 81.7 cm³/mol. The smallest absolute Gasteiger partial charge is 0.118 e. The largest absolute Gasteiger partial charge is 0.465 e. The van der Waals surface area contributed by atoms with Gasteiger partial charge in [0.1, 0.15) is 11.5 Å². The van der Waals surface area contributed by atoms with Gasteiger partial charge in [-0.15, -0.1) is 0 Å². The lowest BCUT2D eigenvalue weighted by Gasteiger charge is -2.21. The van der Waals surface area contributed by atoms with Crippen molar-refractivity contribution < 1.29 is 9.15 Å². The molecule has 0 unspecified atom stereocenters. The average Bonchev–Trinajstić information content (AvgIpc) is 2.78. The molecule has 1 N–H and O–H groups in total. The lowest BCUT2D eigenvalue weighted by molar-refractivity contribution is 0.0732. The molecule has 1 fully saturated rings. The van der Waals surface area contributed by atoms with Crippen LogP contribution in [0.4, 0.5) is 0 Å². The minimum atomic E-state index is 0.478. The van der Waals surface area contributed by atoms with Crippen LogP contribution in [-0.2, 0) is 17.9 Å². The Labute approximate surface area is 123 Å². The van der Waals surface area contributed by atoms with Crippen LogP contribution in [0.5, 0.6) is 0 Å². The molecule has 0 amide bonds. The summed E-state index contributed by atoms with van der Waals surface area (Å²) in [6.45, 7) is 8.70. The molecule has 0 spiro atoms. The molecular formula is C17H29NO2. The van der Waals surface area contributed by atoms with Crippen LogP contribution in [-0.4, -0.2) is 12.6 Å². The molecule has 0 radical (unpaired) electrons. The van der Waals surface area contributed by atoms with Crippen molar-refractivity contribution in [1.82, 2.24) is 5.32 Å². The Bertz CT molecular complexity index is 392. The van der Waals surface area contributed by atoms with Crippen LogP contribution < -0.4 is 5.32 Å². The maximum absolute atomic E-state index is 5.90. The van der Waals surface area contributed by atoms with Crippen LogP contribution in [0, 0.1) is 12.8 Å². The van der Waals surface area contributed by atoms with E-state index in [0.717, 1.165) is 30.6 Å². The second kappa shape index (κ2) is 7.84. The van der Waals surface area contributed by atoms with Crippen molar-refractivity contribution in [3.8, 4) is 0 Å². The fraction of sp³-hybridized carbons (Fsp3) is 0.765. The first-order valence-corrected chi connectivity index (χ1v) is 8.04. The summed E-state index contributed by atoms with van der Waals surface area (Å²) in [5.41, 5.74) is 1.20. The second-order valence-electron chi connectivity index (χ2n) is 6.35. The maximum Gasteiger partial charge on any atom is 0.118 e. The van der Waals surface area contributed by atoms with Crippen molar-refractivity contribution >= 4 is 0 Å². The number of aryl methyl sites for hydroxylation is 1. The van der Waals surface area contributed by atoms with Crippen LogP contribution in [0.3, 0.4) is 0 Å². The predicted octanol–water partition coefficient (Wildman–Crippen LogP) is 4.18. The number of hydrogen-bond donors (Lipinski definition) is 1. The summed E-state index contributed by atoms with van der Waals surface area (Å²) in [6, 6.07) is 2.61. The maximum atomic E-state index is 5.90. The first kappa shape index (κ1) is 15.6. The van der Waals surface area contributed by atoms with Gasteiger partial charge in [-0.05, 0) is 31.7 Å². The van der Waals surface area contributed by atoms with E-state index >= 15 is 0 Å². The topological polar surface area (TPSA) is 34.4 Å². The summed E-state index contributed by atoms with van der Waals surface area (Å²) in [5, 5.41) is 3.38. The summed E-state index contributed by atoms with van der Waals surface area (Å²) in [7, 11) is 0. The molecule has 0 aliphatic heterocycles. The molecule has 0 saturated heterocycles. The minimum absolute atomic E-state index is 0.478. The average molecular weight is 279 g/mol. The molecule has 0 atom stereocenters. The Balaban J connectivity index is 1.74.